The van der Waals surface area contributed by atoms with Crippen LogP contribution in [0.1, 0.15) is 0 Å². The molecule has 1 aromatic heterocycles. The van der Waals surface area contributed by atoms with Crippen molar-refractivity contribution in [3.8, 4) is 17.2 Å². The zero-order valence-electron chi connectivity index (χ0n) is 18.1. The number of rotatable bonds is 8. The van der Waals surface area contributed by atoms with Crippen molar-refractivity contribution in [2.75, 3.05) is 44.3 Å². The van der Waals surface area contributed by atoms with Gasteiger partial charge < -0.3 is 30.2 Å². The zero-order valence-corrected chi connectivity index (χ0v) is 19.6. The highest BCUT2D eigenvalue weighted by Crippen LogP contribution is 2.35. The number of aromatic nitrogens is 2. The van der Waals surface area contributed by atoms with Crippen LogP contribution in [0, 0.1) is 5.82 Å². The summed E-state index contributed by atoms with van der Waals surface area (Å²) in [6, 6.07) is 8.15. The maximum atomic E-state index is 14.1. The minimum absolute atomic E-state index is 0.0656. The molecule has 10 nitrogen and oxygen atoms in total. The summed E-state index contributed by atoms with van der Waals surface area (Å²) in [6.45, 7) is 0. The van der Waals surface area contributed by atoms with Crippen LogP contribution in [0.5, 0.6) is 17.2 Å². The van der Waals surface area contributed by atoms with E-state index >= 15 is 0 Å². The predicted molar refractivity (Wildman–Crippen MR) is 125 cm³/mol. The summed E-state index contributed by atoms with van der Waals surface area (Å²) in [5, 5.41) is 9.49. The molecule has 0 amide bonds. The van der Waals surface area contributed by atoms with Crippen molar-refractivity contribution in [1.29, 1.82) is 0 Å². The average molecular weight is 498 g/mol. The Bertz CT molecular complexity index is 1150. The number of nitrogens with zero attached hydrogens (tertiary/aromatic N) is 2. The van der Waals surface area contributed by atoms with E-state index in [1.807, 2.05) is 18.2 Å². The molecule has 0 aliphatic heterocycles. The predicted octanol–water partition coefficient (Wildman–Crippen LogP) is 4.15. The second kappa shape index (κ2) is 12.4. The SMILES string of the molecule is CNc1cc(OC)ccc1Nc1nc(Nc2cc(F)c(OC)cc2OC)ncc1Cl.O=S=O. The summed E-state index contributed by atoms with van der Waals surface area (Å²) in [5.74, 6) is 1.15. The van der Waals surface area contributed by atoms with Crippen LogP contribution in [0.25, 0.3) is 0 Å². The molecule has 0 aliphatic rings. The van der Waals surface area contributed by atoms with Gasteiger partial charge >= 0.3 is 11.6 Å². The Morgan fingerprint density at radius 1 is 0.939 bits per heavy atom. The Morgan fingerprint density at radius 3 is 2.24 bits per heavy atom. The minimum Gasteiger partial charge on any atom is -0.497 e. The van der Waals surface area contributed by atoms with Gasteiger partial charge in [-0.1, -0.05) is 11.6 Å². The molecule has 13 heteroatoms. The largest absolute Gasteiger partial charge is 0.497 e. The Hall–Kier alpha value is -3.64. The molecule has 1 heterocycles. The molecule has 0 fully saturated rings. The summed E-state index contributed by atoms with van der Waals surface area (Å²) in [4.78, 5) is 8.55. The summed E-state index contributed by atoms with van der Waals surface area (Å²) in [6.07, 6.45) is 1.44. The van der Waals surface area contributed by atoms with Crippen molar-refractivity contribution in [1.82, 2.24) is 9.97 Å². The van der Waals surface area contributed by atoms with E-state index in [4.69, 9.17) is 34.2 Å². The summed E-state index contributed by atoms with van der Waals surface area (Å²) < 4.78 is 46.2. The van der Waals surface area contributed by atoms with Crippen molar-refractivity contribution in [2.24, 2.45) is 0 Å². The summed E-state index contributed by atoms with van der Waals surface area (Å²) >= 11 is 5.51. The maximum Gasteiger partial charge on any atom is 0.335 e. The van der Waals surface area contributed by atoms with Gasteiger partial charge in [0.15, 0.2) is 17.4 Å². The van der Waals surface area contributed by atoms with Crippen LogP contribution < -0.4 is 30.2 Å². The molecular formula is C20H21ClFN5O5S. The lowest BCUT2D eigenvalue weighted by molar-refractivity contribution is 0.375. The van der Waals surface area contributed by atoms with Gasteiger partial charge in [0.05, 0.1) is 44.6 Å². The normalized spacial score (nSPS) is 9.76. The van der Waals surface area contributed by atoms with Gasteiger partial charge in [-0.25, -0.2) is 9.37 Å². The topological polar surface area (TPSA) is 124 Å². The Labute approximate surface area is 198 Å². The molecule has 3 aromatic rings. The first kappa shape index (κ1) is 25.6. The van der Waals surface area contributed by atoms with Crippen LogP contribution in [0.4, 0.5) is 33.2 Å². The number of benzene rings is 2. The van der Waals surface area contributed by atoms with E-state index in [0.29, 0.717) is 28.0 Å². The van der Waals surface area contributed by atoms with Crippen LogP contribution in [-0.2, 0) is 11.6 Å². The van der Waals surface area contributed by atoms with Crippen LogP contribution in [-0.4, -0.2) is 46.8 Å². The van der Waals surface area contributed by atoms with Gasteiger partial charge in [-0.05, 0) is 12.1 Å². The van der Waals surface area contributed by atoms with E-state index in [0.717, 1.165) is 11.4 Å². The van der Waals surface area contributed by atoms with Gasteiger partial charge in [-0.3, -0.25) is 0 Å². The second-order valence-corrected chi connectivity index (χ2v) is 6.60. The van der Waals surface area contributed by atoms with E-state index in [1.54, 1.807) is 14.2 Å². The van der Waals surface area contributed by atoms with Gasteiger partial charge in [-0.15, -0.1) is 0 Å². The van der Waals surface area contributed by atoms with Crippen molar-refractivity contribution in [3.63, 3.8) is 0 Å². The molecular weight excluding hydrogens is 477 g/mol. The third-order valence-electron chi connectivity index (χ3n) is 4.21. The standard InChI is InChI=1S/C20H21ClFN5O3.O2S/c1-23-15-7-11(28-2)5-6-14(15)25-19-12(21)10-24-20(27-19)26-16-8-13(22)17(29-3)9-18(16)30-4;1-3-2/h5-10,23H,1-4H3,(H2,24,25,26,27);. The third-order valence-corrected chi connectivity index (χ3v) is 4.49. The number of hydrogen-bond donors (Lipinski definition) is 3. The molecule has 0 bridgehead atoms. The maximum absolute atomic E-state index is 14.1. The number of ether oxygens (including phenoxy) is 3. The monoisotopic (exact) mass is 497 g/mol. The smallest absolute Gasteiger partial charge is 0.335 e. The highest BCUT2D eigenvalue weighted by molar-refractivity contribution is 7.51. The highest BCUT2D eigenvalue weighted by atomic mass is 35.5. The average Bonchev–Trinajstić information content (AvgIpc) is 2.82. The van der Waals surface area contributed by atoms with Crippen LogP contribution >= 0.6 is 11.6 Å². The van der Waals surface area contributed by atoms with Crippen molar-refractivity contribution in [2.45, 2.75) is 0 Å². The third kappa shape index (κ3) is 6.67. The molecule has 0 atom stereocenters. The molecule has 0 radical (unpaired) electrons. The van der Waals surface area contributed by atoms with Crippen molar-refractivity contribution < 1.29 is 27.0 Å². The Kier molecular flexibility index (Phi) is 9.63. The fraction of sp³-hybridized carbons (Fsp3) is 0.200. The molecule has 0 saturated heterocycles. The Balaban J connectivity index is 0.00000122. The molecule has 0 aliphatic carbocycles. The highest BCUT2D eigenvalue weighted by Gasteiger charge is 2.14. The van der Waals surface area contributed by atoms with Gasteiger partial charge in [0.1, 0.15) is 16.5 Å². The van der Waals surface area contributed by atoms with Crippen LogP contribution in [0.15, 0.2) is 36.5 Å². The fourth-order valence-electron chi connectivity index (χ4n) is 2.69. The molecule has 176 valence electrons. The fourth-order valence-corrected chi connectivity index (χ4v) is 2.83. The Morgan fingerprint density at radius 2 is 1.64 bits per heavy atom. The quantitative estimate of drug-likeness (QED) is 0.418. The molecule has 0 unspecified atom stereocenters. The summed E-state index contributed by atoms with van der Waals surface area (Å²) in [7, 11) is 6.23. The van der Waals surface area contributed by atoms with Crippen LogP contribution in [0.3, 0.4) is 0 Å². The lowest BCUT2D eigenvalue weighted by atomic mass is 10.2. The van der Waals surface area contributed by atoms with E-state index in [1.165, 1.54) is 32.5 Å². The lowest BCUT2D eigenvalue weighted by Gasteiger charge is -2.15. The van der Waals surface area contributed by atoms with Crippen molar-refractivity contribution in [3.05, 3.63) is 47.4 Å². The molecule has 3 N–H and O–H groups in total. The molecule has 2 aromatic carbocycles. The number of methoxy groups -OCH3 is 3. The summed E-state index contributed by atoms with van der Waals surface area (Å²) in [5.41, 5.74) is 1.86. The number of hydrogen-bond acceptors (Lipinski definition) is 10. The van der Waals surface area contributed by atoms with Crippen LogP contribution in [0.2, 0.25) is 5.02 Å². The first-order valence-electron chi connectivity index (χ1n) is 9.16. The van der Waals surface area contributed by atoms with E-state index < -0.39 is 17.4 Å². The zero-order chi connectivity index (χ0) is 24.4. The first-order valence-corrected chi connectivity index (χ1v) is 10.2. The van der Waals surface area contributed by atoms with Gasteiger partial charge in [0.2, 0.25) is 5.95 Å². The van der Waals surface area contributed by atoms with E-state index in [-0.39, 0.29) is 11.7 Å². The lowest BCUT2D eigenvalue weighted by Crippen LogP contribution is -2.04. The molecule has 33 heavy (non-hydrogen) atoms. The molecule has 3 rings (SSSR count). The van der Waals surface area contributed by atoms with Crippen molar-refractivity contribution >= 4 is 52.0 Å². The van der Waals surface area contributed by atoms with E-state index in [2.05, 4.69) is 25.9 Å². The molecule has 0 spiro atoms. The minimum atomic E-state index is -0.750. The number of halogens is 2. The van der Waals surface area contributed by atoms with Gasteiger partial charge in [0, 0.05) is 25.2 Å². The first-order chi connectivity index (χ1) is 15.9. The number of nitrogens with one attached hydrogen (secondary N) is 3. The van der Waals surface area contributed by atoms with Gasteiger partial charge in [0.25, 0.3) is 0 Å². The van der Waals surface area contributed by atoms with Gasteiger partial charge in [-0.2, -0.15) is 13.4 Å². The second-order valence-electron chi connectivity index (χ2n) is 6.06. The number of anilines is 5. The molecule has 0 saturated carbocycles. The van der Waals surface area contributed by atoms with E-state index in [9.17, 15) is 4.39 Å².